The summed E-state index contributed by atoms with van der Waals surface area (Å²) in [6.45, 7) is 4.54. The van der Waals surface area contributed by atoms with Crippen molar-refractivity contribution in [1.82, 2.24) is 4.90 Å². The van der Waals surface area contributed by atoms with Crippen molar-refractivity contribution in [3.8, 4) is 6.07 Å². The fourth-order valence-corrected chi connectivity index (χ4v) is 2.60. The van der Waals surface area contributed by atoms with Gasteiger partial charge in [-0.3, -0.25) is 4.79 Å². The number of rotatable bonds is 7. The first-order chi connectivity index (χ1) is 8.65. The van der Waals surface area contributed by atoms with Gasteiger partial charge in [0.2, 0.25) is 5.91 Å². The second-order valence-electron chi connectivity index (χ2n) is 4.52. The maximum Gasteiger partial charge on any atom is 0.222 e. The van der Waals surface area contributed by atoms with E-state index < -0.39 is 0 Å². The molecule has 98 valence electrons. The molecule has 1 rings (SSSR count). The minimum Gasteiger partial charge on any atom is -0.339 e. The average Bonchev–Trinajstić information content (AvgIpc) is 2.82. The van der Waals surface area contributed by atoms with E-state index >= 15 is 0 Å². The van der Waals surface area contributed by atoms with Crippen molar-refractivity contribution < 1.29 is 4.79 Å². The molecule has 0 bridgehead atoms. The highest BCUT2D eigenvalue weighted by Gasteiger charge is 2.15. The minimum atomic E-state index is 0.164. The van der Waals surface area contributed by atoms with Gasteiger partial charge in [-0.25, -0.2) is 0 Å². The van der Waals surface area contributed by atoms with Crippen LogP contribution in [0.4, 0.5) is 0 Å². The summed E-state index contributed by atoms with van der Waals surface area (Å²) >= 11 is 1.74. The third-order valence-electron chi connectivity index (χ3n) is 2.80. The predicted octanol–water partition coefficient (Wildman–Crippen LogP) is 3.22. The normalized spacial score (nSPS) is 10.3. The van der Waals surface area contributed by atoms with Gasteiger partial charge < -0.3 is 4.90 Å². The quantitative estimate of drug-likeness (QED) is 0.759. The Morgan fingerprint density at radius 1 is 1.56 bits per heavy atom. The lowest BCUT2D eigenvalue weighted by Gasteiger charge is -2.25. The van der Waals surface area contributed by atoms with Crippen molar-refractivity contribution in [2.24, 2.45) is 0 Å². The Hall–Kier alpha value is -1.34. The van der Waals surface area contributed by atoms with Gasteiger partial charge in [0.05, 0.1) is 12.5 Å². The van der Waals surface area contributed by atoms with Crippen molar-refractivity contribution in [2.45, 2.75) is 45.6 Å². The van der Waals surface area contributed by atoms with Crippen LogP contribution >= 0.6 is 11.3 Å². The Labute approximate surface area is 113 Å². The lowest BCUT2D eigenvalue weighted by Crippen LogP contribution is -2.37. The highest BCUT2D eigenvalue weighted by atomic mass is 32.1. The summed E-state index contributed by atoms with van der Waals surface area (Å²) in [6.07, 6.45) is 2.83. The third-order valence-corrected chi connectivity index (χ3v) is 3.74. The molecule has 0 aliphatic rings. The maximum absolute atomic E-state index is 12.0. The fraction of sp³-hybridized carbons (Fsp3) is 0.571. The van der Waals surface area contributed by atoms with E-state index in [1.165, 1.54) is 4.88 Å². The highest BCUT2D eigenvalue weighted by molar-refractivity contribution is 7.09. The highest BCUT2D eigenvalue weighted by Crippen LogP contribution is 2.13. The van der Waals surface area contributed by atoms with Gasteiger partial charge in [-0.1, -0.05) is 6.07 Å². The van der Waals surface area contributed by atoms with Crippen LogP contribution in [0.15, 0.2) is 17.5 Å². The Balaban J connectivity index is 2.34. The molecule has 0 fully saturated rings. The number of hydrogen-bond acceptors (Lipinski definition) is 3. The SMILES string of the molecule is CC(C)N(CCC#N)C(=O)CCCc1cccs1. The molecule has 0 aromatic carbocycles. The molecule has 1 aromatic heterocycles. The molecule has 0 radical (unpaired) electrons. The second kappa shape index (κ2) is 7.88. The second-order valence-corrected chi connectivity index (χ2v) is 5.55. The summed E-state index contributed by atoms with van der Waals surface area (Å²) in [4.78, 5) is 15.2. The first kappa shape index (κ1) is 14.7. The minimum absolute atomic E-state index is 0.164. The summed E-state index contributed by atoms with van der Waals surface area (Å²) in [6, 6.07) is 6.41. The van der Waals surface area contributed by atoms with Crippen LogP contribution in [0.2, 0.25) is 0 Å². The monoisotopic (exact) mass is 264 g/mol. The maximum atomic E-state index is 12.0. The van der Waals surface area contributed by atoms with Crippen LogP contribution < -0.4 is 0 Å². The summed E-state index contributed by atoms with van der Waals surface area (Å²) in [5.41, 5.74) is 0. The van der Waals surface area contributed by atoms with E-state index in [4.69, 9.17) is 5.26 Å². The zero-order valence-corrected chi connectivity index (χ0v) is 11.9. The Morgan fingerprint density at radius 2 is 2.33 bits per heavy atom. The zero-order valence-electron chi connectivity index (χ0n) is 11.1. The fourth-order valence-electron chi connectivity index (χ4n) is 1.85. The van der Waals surface area contributed by atoms with Crippen LogP contribution in [0.3, 0.4) is 0 Å². The van der Waals surface area contributed by atoms with Crippen molar-refractivity contribution in [1.29, 1.82) is 5.26 Å². The van der Waals surface area contributed by atoms with Crippen LogP contribution in [-0.4, -0.2) is 23.4 Å². The number of nitriles is 1. The topological polar surface area (TPSA) is 44.1 Å². The largest absolute Gasteiger partial charge is 0.339 e. The Kier molecular flexibility index (Phi) is 6.45. The molecule has 18 heavy (non-hydrogen) atoms. The molecule has 0 aliphatic heterocycles. The third kappa shape index (κ3) is 4.89. The van der Waals surface area contributed by atoms with Crippen LogP contribution in [-0.2, 0) is 11.2 Å². The van der Waals surface area contributed by atoms with Gasteiger partial charge in [-0.2, -0.15) is 5.26 Å². The summed E-state index contributed by atoms with van der Waals surface area (Å²) in [7, 11) is 0. The van der Waals surface area contributed by atoms with Gasteiger partial charge in [0, 0.05) is 23.9 Å². The molecular weight excluding hydrogens is 244 g/mol. The van der Waals surface area contributed by atoms with Gasteiger partial charge in [0.1, 0.15) is 0 Å². The molecule has 1 aromatic rings. The number of nitrogens with zero attached hydrogens (tertiary/aromatic N) is 2. The van der Waals surface area contributed by atoms with Gasteiger partial charge in [0.15, 0.2) is 0 Å². The molecule has 0 saturated carbocycles. The van der Waals surface area contributed by atoms with E-state index in [1.54, 1.807) is 16.2 Å². The van der Waals surface area contributed by atoms with Crippen LogP contribution in [0.1, 0.15) is 38.0 Å². The van der Waals surface area contributed by atoms with Gasteiger partial charge in [-0.05, 0) is 38.1 Å². The first-order valence-electron chi connectivity index (χ1n) is 6.34. The van der Waals surface area contributed by atoms with Gasteiger partial charge >= 0.3 is 0 Å². The molecule has 1 heterocycles. The molecule has 3 nitrogen and oxygen atoms in total. The number of thiophene rings is 1. The summed E-state index contributed by atoms with van der Waals surface area (Å²) in [5, 5.41) is 10.7. The molecule has 1 amide bonds. The summed E-state index contributed by atoms with van der Waals surface area (Å²) < 4.78 is 0. The molecule has 0 saturated heterocycles. The number of amides is 1. The molecule has 0 unspecified atom stereocenters. The van der Waals surface area contributed by atoms with Crippen molar-refractivity contribution in [3.05, 3.63) is 22.4 Å². The lowest BCUT2D eigenvalue weighted by atomic mass is 10.1. The summed E-state index contributed by atoms with van der Waals surface area (Å²) in [5.74, 6) is 0.164. The van der Waals surface area contributed by atoms with E-state index in [-0.39, 0.29) is 11.9 Å². The van der Waals surface area contributed by atoms with Gasteiger partial charge in [0.25, 0.3) is 0 Å². The average molecular weight is 264 g/mol. The molecule has 0 atom stereocenters. The first-order valence-corrected chi connectivity index (χ1v) is 7.22. The van der Waals surface area contributed by atoms with E-state index in [2.05, 4.69) is 17.5 Å². The van der Waals surface area contributed by atoms with E-state index in [0.717, 1.165) is 12.8 Å². The number of hydrogen-bond donors (Lipinski definition) is 0. The van der Waals surface area contributed by atoms with Crippen molar-refractivity contribution in [3.63, 3.8) is 0 Å². The van der Waals surface area contributed by atoms with E-state index in [0.29, 0.717) is 19.4 Å². The van der Waals surface area contributed by atoms with E-state index in [1.807, 2.05) is 19.9 Å². The molecule has 4 heteroatoms. The number of carbonyl (C=O) groups is 1. The van der Waals surface area contributed by atoms with Crippen molar-refractivity contribution >= 4 is 17.2 Å². The zero-order chi connectivity index (χ0) is 13.4. The van der Waals surface area contributed by atoms with E-state index in [9.17, 15) is 4.79 Å². The van der Waals surface area contributed by atoms with Crippen LogP contribution in [0, 0.1) is 11.3 Å². The molecule has 0 aliphatic carbocycles. The molecular formula is C14H20N2OS. The standard InChI is InChI=1S/C14H20N2OS/c1-12(2)16(10-5-9-15)14(17)8-3-6-13-7-4-11-18-13/h4,7,11-12H,3,5-6,8,10H2,1-2H3. The Bertz CT molecular complexity index is 392. The van der Waals surface area contributed by atoms with Gasteiger partial charge in [-0.15, -0.1) is 11.3 Å². The van der Waals surface area contributed by atoms with Crippen molar-refractivity contribution in [2.75, 3.05) is 6.54 Å². The number of aryl methyl sites for hydroxylation is 1. The molecule has 0 spiro atoms. The molecule has 0 N–H and O–H groups in total. The number of carbonyl (C=O) groups excluding carboxylic acids is 1. The predicted molar refractivity (Wildman–Crippen MR) is 74.3 cm³/mol. The van der Waals surface area contributed by atoms with Crippen LogP contribution in [0.25, 0.3) is 0 Å². The smallest absolute Gasteiger partial charge is 0.222 e. The lowest BCUT2D eigenvalue weighted by molar-refractivity contribution is -0.132. The van der Waals surface area contributed by atoms with Crippen LogP contribution in [0.5, 0.6) is 0 Å². The Morgan fingerprint density at radius 3 is 2.89 bits per heavy atom.